The van der Waals surface area contributed by atoms with E-state index in [2.05, 4.69) is 5.32 Å². The first-order chi connectivity index (χ1) is 8.63. The molecule has 1 rings (SSSR count). The quantitative estimate of drug-likeness (QED) is 0.613. The fraction of sp³-hybridized carbons (Fsp3) is 0.385. The van der Waals surface area contributed by atoms with Gasteiger partial charge in [0.1, 0.15) is 6.29 Å². The van der Waals surface area contributed by atoms with Crippen LogP contribution in [0.5, 0.6) is 0 Å². The van der Waals surface area contributed by atoms with Gasteiger partial charge < -0.3 is 19.7 Å². The third-order valence-electron chi connectivity index (χ3n) is 2.68. The summed E-state index contributed by atoms with van der Waals surface area (Å²) in [6.07, 6.45) is 0.796. The Morgan fingerprint density at radius 3 is 2.78 bits per heavy atom. The first-order valence-corrected chi connectivity index (χ1v) is 5.75. The maximum atomic E-state index is 11.5. The number of hydrogen-bond donors (Lipinski definition) is 1. The highest BCUT2D eigenvalue weighted by molar-refractivity contribution is 5.92. The van der Waals surface area contributed by atoms with Crippen molar-refractivity contribution in [3.05, 3.63) is 23.8 Å². The number of nitrogens with one attached hydrogen (secondary N) is 1. The van der Waals surface area contributed by atoms with Gasteiger partial charge in [0.2, 0.25) is 0 Å². The molecule has 5 nitrogen and oxygen atoms in total. The third kappa shape index (κ3) is 3.23. The molecule has 0 radical (unpaired) electrons. The number of methoxy groups -OCH3 is 1. The number of carbonyl (C=O) groups is 2. The molecule has 1 aromatic rings. The van der Waals surface area contributed by atoms with Crippen LogP contribution in [0.2, 0.25) is 0 Å². The van der Waals surface area contributed by atoms with Gasteiger partial charge in [0.25, 0.3) is 0 Å². The number of nitrogens with zero attached hydrogens (tertiary/aromatic N) is 1. The van der Waals surface area contributed by atoms with Crippen LogP contribution >= 0.6 is 0 Å². The zero-order valence-electron chi connectivity index (χ0n) is 10.9. The van der Waals surface area contributed by atoms with Crippen molar-refractivity contribution in [2.45, 2.75) is 6.92 Å². The minimum Gasteiger partial charge on any atom is -0.465 e. The molecule has 0 saturated carbocycles. The average molecular weight is 250 g/mol. The molecule has 18 heavy (non-hydrogen) atoms. The van der Waals surface area contributed by atoms with Crippen LogP contribution in [-0.2, 0) is 9.53 Å². The lowest BCUT2D eigenvalue weighted by molar-refractivity contribution is -0.106. The molecule has 0 aromatic heterocycles. The predicted octanol–water partition coefficient (Wildman–Crippen LogP) is 1.54. The van der Waals surface area contributed by atoms with Crippen molar-refractivity contribution in [1.29, 1.82) is 0 Å². The van der Waals surface area contributed by atoms with E-state index >= 15 is 0 Å². The van der Waals surface area contributed by atoms with Crippen molar-refractivity contribution in [3.63, 3.8) is 0 Å². The Morgan fingerprint density at radius 1 is 1.50 bits per heavy atom. The van der Waals surface area contributed by atoms with Crippen LogP contribution in [0.25, 0.3) is 0 Å². The topological polar surface area (TPSA) is 58.6 Å². The van der Waals surface area contributed by atoms with Crippen LogP contribution < -0.4 is 10.2 Å². The van der Waals surface area contributed by atoms with E-state index in [9.17, 15) is 9.59 Å². The van der Waals surface area contributed by atoms with Gasteiger partial charge in [-0.2, -0.15) is 0 Å². The van der Waals surface area contributed by atoms with E-state index in [0.717, 1.165) is 24.2 Å². The number of hydrogen-bond acceptors (Lipinski definition) is 5. The van der Waals surface area contributed by atoms with Gasteiger partial charge in [0, 0.05) is 13.6 Å². The Hall–Kier alpha value is -2.04. The molecule has 0 aliphatic carbocycles. The lowest BCUT2D eigenvalue weighted by Crippen LogP contribution is -2.19. The van der Waals surface area contributed by atoms with Crippen molar-refractivity contribution in [1.82, 2.24) is 0 Å². The fourth-order valence-corrected chi connectivity index (χ4v) is 1.56. The highest BCUT2D eigenvalue weighted by Crippen LogP contribution is 2.26. The molecule has 98 valence electrons. The number of aldehydes is 1. The zero-order chi connectivity index (χ0) is 13.5. The molecular formula is C13H18N2O3. The summed E-state index contributed by atoms with van der Waals surface area (Å²) in [6.45, 7) is 3.04. The van der Waals surface area contributed by atoms with Gasteiger partial charge in [0.15, 0.2) is 0 Å². The van der Waals surface area contributed by atoms with Crippen LogP contribution in [0.4, 0.5) is 11.4 Å². The standard InChI is InChI=1S/C13H18N2O3/c1-4-15(2)12-9-10(13(17)18-3)5-6-11(12)14-7-8-16/h5-6,8-9,14H,4,7H2,1-3H3. The van der Waals surface area contributed by atoms with Crippen LogP contribution in [0, 0.1) is 0 Å². The van der Waals surface area contributed by atoms with E-state index in [1.165, 1.54) is 7.11 Å². The molecule has 0 aliphatic heterocycles. The zero-order valence-corrected chi connectivity index (χ0v) is 10.9. The number of anilines is 2. The molecule has 0 fully saturated rings. The number of ether oxygens (including phenoxy) is 1. The summed E-state index contributed by atoms with van der Waals surface area (Å²) in [6, 6.07) is 5.20. The largest absolute Gasteiger partial charge is 0.465 e. The van der Waals surface area contributed by atoms with E-state index in [4.69, 9.17) is 4.74 Å². The van der Waals surface area contributed by atoms with Crippen molar-refractivity contribution < 1.29 is 14.3 Å². The molecule has 0 aliphatic rings. The Labute approximate surface area is 107 Å². The summed E-state index contributed by atoms with van der Waals surface area (Å²) in [7, 11) is 3.27. The number of benzene rings is 1. The van der Waals surface area contributed by atoms with Gasteiger partial charge in [-0.25, -0.2) is 4.79 Å². The average Bonchev–Trinajstić information content (AvgIpc) is 2.43. The molecule has 0 bridgehead atoms. The molecule has 1 aromatic carbocycles. The van der Waals surface area contributed by atoms with Gasteiger partial charge in [0.05, 0.1) is 30.6 Å². The number of rotatable bonds is 6. The van der Waals surface area contributed by atoms with Crippen molar-refractivity contribution in [2.24, 2.45) is 0 Å². The Balaban J connectivity index is 3.11. The lowest BCUT2D eigenvalue weighted by atomic mass is 10.1. The third-order valence-corrected chi connectivity index (χ3v) is 2.68. The van der Waals surface area contributed by atoms with E-state index in [1.54, 1.807) is 18.2 Å². The number of carbonyl (C=O) groups excluding carboxylic acids is 2. The summed E-state index contributed by atoms with van der Waals surface area (Å²) >= 11 is 0. The molecule has 0 atom stereocenters. The summed E-state index contributed by atoms with van der Waals surface area (Å²) in [5, 5.41) is 3.00. The summed E-state index contributed by atoms with van der Waals surface area (Å²) in [5.41, 5.74) is 2.17. The molecule has 1 N–H and O–H groups in total. The first kappa shape index (κ1) is 14.0. The van der Waals surface area contributed by atoms with Crippen LogP contribution in [0.15, 0.2) is 18.2 Å². The number of esters is 1. The van der Waals surface area contributed by atoms with Crippen LogP contribution in [0.1, 0.15) is 17.3 Å². The Bertz CT molecular complexity index is 432. The normalized spacial score (nSPS) is 9.72. The summed E-state index contributed by atoms with van der Waals surface area (Å²) in [4.78, 5) is 23.9. The SMILES string of the molecule is CCN(C)c1cc(C(=O)OC)ccc1NCC=O. The van der Waals surface area contributed by atoms with Crippen molar-refractivity contribution >= 4 is 23.6 Å². The van der Waals surface area contributed by atoms with Crippen molar-refractivity contribution in [3.8, 4) is 0 Å². The minimum atomic E-state index is -0.373. The molecule has 0 heterocycles. The van der Waals surface area contributed by atoms with Crippen LogP contribution in [-0.4, -0.2) is 39.5 Å². The van der Waals surface area contributed by atoms with Gasteiger partial charge in [-0.1, -0.05) is 0 Å². The van der Waals surface area contributed by atoms with E-state index < -0.39 is 0 Å². The second kappa shape index (κ2) is 6.64. The summed E-state index contributed by atoms with van der Waals surface area (Å²) < 4.78 is 4.69. The monoisotopic (exact) mass is 250 g/mol. The highest BCUT2D eigenvalue weighted by atomic mass is 16.5. The molecule has 5 heteroatoms. The maximum Gasteiger partial charge on any atom is 0.337 e. The highest BCUT2D eigenvalue weighted by Gasteiger charge is 2.11. The van der Waals surface area contributed by atoms with Crippen molar-refractivity contribution in [2.75, 3.05) is 37.5 Å². The fourth-order valence-electron chi connectivity index (χ4n) is 1.56. The van der Waals surface area contributed by atoms with E-state index in [-0.39, 0.29) is 12.5 Å². The van der Waals surface area contributed by atoms with Gasteiger partial charge in [-0.05, 0) is 25.1 Å². The second-order valence-electron chi connectivity index (χ2n) is 3.79. The molecule has 0 unspecified atom stereocenters. The van der Waals surface area contributed by atoms with Gasteiger partial charge in [-0.15, -0.1) is 0 Å². The maximum absolute atomic E-state index is 11.5. The van der Waals surface area contributed by atoms with E-state index in [0.29, 0.717) is 5.56 Å². The summed E-state index contributed by atoms with van der Waals surface area (Å²) in [5.74, 6) is -0.373. The molecule has 0 spiro atoms. The Kier molecular flexibility index (Phi) is 5.17. The first-order valence-electron chi connectivity index (χ1n) is 5.75. The second-order valence-corrected chi connectivity index (χ2v) is 3.79. The van der Waals surface area contributed by atoms with Gasteiger partial charge in [-0.3, -0.25) is 0 Å². The minimum absolute atomic E-state index is 0.238. The molecular weight excluding hydrogens is 232 g/mol. The van der Waals surface area contributed by atoms with Crippen LogP contribution in [0.3, 0.4) is 0 Å². The smallest absolute Gasteiger partial charge is 0.337 e. The Morgan fingerprint density at radius 2 is 2.22 bits per heavy atom. The lowest BCUT2D eigenvalue weighted by Gasteiger charge is -2.21. The van der Waals surface area contributed by atoms with E-state index in [1.807, 2.05) is 18.9 Å². The van der Waals surface area contributed by atoms with Gasteiger partial charge >= 0.3 is 5.97 Å². The molecule has 0 saturated heterocycles. The molecule has 0 amide bonds. The predicted molar refractivity (Wildman–Crippen MR) is 71.3 cm³/mol.